The standard InChI is InChI=1S/C14H18O3S/c1-10-7-8-11(2)14(9-10)18(16,17)13-6-4-3-5-12(13)15/h7-9,13H,3-6H2,1-2H3. The van der Waals surface area contributed by atoms with Gasteiger partial charge in [-0.15, -0.1) is 0 Å². The average molecular weight is 266 g/mol. The Labute approximate surface area is 108 Å². The molecule has 0 aliphatic heterocycles. The summed E-state index contributed by atoms with van der Waals surface area (Å²) in [4.78, 5) is 12.2. The molecule has 0 N–H and O–H groups in total. The molecule has 0 amide bonds. The summed E-state index contributed by atoms with van der Waals surface area (Å²) in [5.41, 5.74) is 1.63. The maximum absolute atomic E-state index is 12.5. The number of hydrogen-bond donors (Lipinski definition) is 0. The Morgan fingerprint density at radius 2 is 1.89 bits per heavy atom. The highest BCUT2D eigenvalue weighted by molar-refractivity contribution is 7.92. The van der Waals surface area contributed by atoms with Crippen molar-refractivity contribution in [2.24, 2.45) is 0 Å². The number of aryl methyl sites for hydroxylation is 2. The van der Waals surface area contributed by atoms with Crippen molar-refractivity contribution in [2.75, 3.05) is 0 Å². The predicted molar refractivity (Wildman–Crippen MR) is 70.4 cm³/mol. The molecular formula is C14H18O3S. The van der Waals surface area contributed by atoms with E-state index in [2.05, 4.69) is 0 Å². The van der Waals surface area contributed by atoms with E-state index in [9.17, 15) is 13.2 Å². The van der Waals surface area contributed by atoms with Crippen LogP contribution < -0.4 is 0 Å². The average Bonchev–Trinajstić information content (AvgIpc) is 2.32. The van der Waals surface area contributed by atoms with Gasteiger partial charge in [0.2, 0.25) is 0 Å². The Bertz CT molecular complexity index is 573. The first kappa shape index (κ1) is 13.3. The molecule has 1 aromatic carbocycles. The molecule has 1 unspecified atom stereocenters. The quantitative estimate of drug-likeness (QED) is 0.826. The summed E-state index contributed by atoms with van der Waals surface area (Å²) in [6.45, 7) is 3.64. The smallest absolute Gasteiger partial charge is 0.188 e. The fourth-order valence-corrected chi connectivity index (χ4v) is 4.56. The Morgan fingerprint density at radius 3 is 2.56 bits per heavy atom. The summed E-state index contributed by atoms with van der Waals surface area (Å²) >= 11 is 0. The van der Waals surface area contributed by atoms with Gasteiger partial charge in [0.25, 0.3) is 0 Å². The molecule has 1 fully saturated rings. The molecule has 0 spiro atoms. The molecule has 1 aliphatic rings. The minimum atomic E-state index is -3.51. The molecule has 0 aromatic heterocycles. The second kappa shape index (κ2) is 4.84. The van der Waals surface area contributed by atoms with Crippen molar-refractivity contribution >= 4 is 15.6 Å². The molecule has 4 heteroatoms. The molecule has 1 atom stereocenters. The minimum absolute atomic E-state index is 0.123. The Morgan fingerprint density at radius 1 is 1.17 bits per heavy atom. The predicted octanol–water partition coefficient (Wildman–Crippen LogP) is 2.59. The molecule has 1 aliphatic carbocycles. The van der Waals surface area contributed by atoms with E-state index < -0.39 is 15.1 Å². The van der Waals surface area contributed by atoms with E-state index in [1.165, 1.54) is 0 Å². The number of ketones is 1. The molecule has 1 saturated carbocycles. The number of carbonyl (C=O) groups excluding carboxylic acids is 1. The van der Waals surface area contributed by atoms with Crippen LogP contribution in [0.1, 0.15) is 36.8 Å². The summed E-state index contributed by atoms with van der Waals surface area (Å²) in [5, 5.41) is -0.827. The number of rotatable bonds is 2. The van der Waals surface area contributed by atoms with E-state index in [-0.39, 0.29) is 5.78 Å². The maximum atomic E-state index is 12.5. The third-order valence-electron chi connectivity index (χ3n) is 3.52. The monoisotopic (exact) mass is 266 g/mol. The zero-order valence-electron chi connectivity index (χ0n) is 10.8. The van der Waals surface area contributed by atoms with Crippen molar-refractivity contribution in [3.8, 4) is 0 Å². The van der Waals surface area contributed by atoms with Crippen molar-refractivity contribution in [3.05, 3.63) is 29.3 Å². The summed E-state index contributed by atoms with van der Waals surface area (Å²) in [6, 6.07) is 5.36. The fourth-order valence-electron chi connectivity index (χ4n) is 2.45. The topological polar surface area (TPSA) is 51.2 Å². The minimum Gasteiger partial charge on any atom is -0.298 e. The summed E-state index contributed by atoms with van der Waals surface area (Å²) in [7, 11) is -3.51. The fraction of sp³-hybridized carbons (Fsp3) is 0.500. The summed E-state index contributed by atoms with van der Waals surface area (Å²) in [5.74, 6) is -0.123. The van der Waals surface area contributed by atoms with Crippen molar-refractivity contribution < 1.29 is 13.2 Å². The van der Waals surface area contributed by atoms with Crippen LogP contribution in [0.15, 0.2) is 23.1 Å². The second-order valence-corrected chi connectivity index (χ2v) is 7.11. The van der Waals surface area contributed by atoms with E-state index >= 15 is 0 Å². The molecule has 3 nitrogen and oxygen atoms in total. The van der Waals surface area contributed by atoms with Gasteiger partial charge in [0.15, 0.2) is 15.6 Å². The third-order valence-corrected chi connectivity index (χ3v) is 5.82. The molecule has 0 saturated heterocycles. The first-order valence-corrected chi connectivity index (χ1v) is 7.81. The molecule has 98 valence electrons. The number of hydrogen-bond acceptors (Lipinski definition) is 3. The number of carbonyl (C=O) groups is 1. The van der Waals surface area contributed by atoms with Crippen LogP contribution in [0, 0.1) is 13.8 Å². The van der Waals surface area contributed by atoms with Gasteiger partial charge in [0, 0.05) is 6.42 Å². The van der Waals surface area contributed by atoms with Crippen LogP contribution in [0.3, 0.4) is 0 Å². The summed E-state index contributed by atoms with van der Waals surface area (Å²) in [6.07, 6.45) is 2.50. The van der Waals surface area contributed by atoms with E-state index in [4.69, 9.17) is 0 Å². The van der Waals surface area contributed by atoms with Gasteiger partial charge in [-0.05, 0) is 43.9 Å². The molecule has 0 radical (unpaired) electrons. The van der Waals surface area contributed by atoms with Gasteiger partial charge in [-0.3, -0.25) is 4.79 Å². The molecule has 0 heterocycles. The Kier molecular flexibility index (Phi) is 3.57. The highest BCUT2D eigenvalue weighted by atomic mass is 32.2. The largest absolute Gasteiger partial charge is 0.298 e. The van der Waals surface area contributed by atoms with Gasteiger partial charge in [0.1, 0.15) is 5.25 Å². The van der Waals surface area contributed by atoms with E-state index in [1.54, 1.807) is 19.1 Å². The van der Waals surface area contributed by atoms with Crippen LogP contribution in [0.5, 0.6) is 0 Å². The molecule has 0 bridgehead atoms. The second-order valence-electron chi connectivity index (χ2n) is 5.01. The zero-order valence-corrected chi connectivity index (χ0v) is 11.6. The van der Waals surface area contributed by atoms with Gasteiger partial charge in [-0.25, -0.2) is 8.42 Å². The first-order chi connectivity index (χ1) is 8.43. The van der Waals surface area contributed by atoms with Crippen LogP contribution in [0.2, 0.25) is 0 Å². The highest BCUT2D eigenvalue weighted by Crippen LogP contribution is 2.28. The number of sulfone groups is 1. The molecular weight excluding hydrogens is 248 g/mol. The maximum Gasteiger partial charge on any atom is 0.188 e. The lowest BCUT2D eigenvalue weighted by Gasteiger charge is -2.21. The summed E-state index contributed by atoms with van der Waals surface area (Å²) < 4.78 is 25.1. The SMILES string of the molecule is Cc1ccc(C)c(S(=O)(=O)C2CCCCC2=O)c1. The lowest BCUT2D eigenvalue weighted by Crippen LogP contribution is -2.33. The van der Waals surface area contributed by atoms with Crippen LogP contribution >= 0.6 is 0 Å². The lowest BCUT2D eigenvalue weighted by molar-refractivity contribution is -0.119. The van der Waals surface area contributed by atoms with E-state index in [0.717, 1.165) is 24.0 Å². The van der Waals surface area contributed by atoms with E-state index in [1.807, 2.05) is 13.0 Å². The Balaban J connectivity index is 2.47. The number of benzene rings is 1. The van der Waals surface area contributed by atoms with Crippen molar-refractivity contribution in [1.82, 2.24) is 0 Å². The molecule has 18 heavy (non-hydrogen) atoms. The lowest BCUT2D eigenvalue weighted by atomic mass is 9.99. The van der Waals surface area contributed by atoms with Crippen molar-refractivity contribution in [1.29, 1.82) is 0 Å². The Hall–Kier alpha value is -1.16. The normalized spacial score (nSPS) is 21.0. The van der Waals surface area contributed by atoms with Crippen LogP contribution in [0.4, 0.5) is 0 Å². The van der Waals surface area contributed by atoms with Gasteiger partial charge in [-0.1, -0.05) is 18.6 Å². The van der Waals surface area contributed by atoms with Crippen LogP contribution in [-0.2, 0) is 14.6 Å². The zero-order chi connectivity index (χ0) is 13.3. The van der Waals surface area contributed by atoms with Gasteiger partial charge in [-0.2, -0.15) is 0 Å². The highest BCUT2D eigenvalue weighted by Gasteiger charge is 2.35. The van der Waals surface area contributed by atoms with Crippen LogP contribution in [-0.4, -0.2) is 19.5 Å². The van der Waals surface area contributed by atoms with Gasteiger partial charge < -0.3 is 0 Å². The third kappa shape index (κ3) is 2.34. The van der Waals surface area contributed by atoms with Gasteiger partial charge >= 0.3 is 0 Å². The number of Topliss-reactive ketones (excluding diaryl/α,β-unsaturated/α-hetero) is 1. The molecule has 1 aromatic rings. The van der Waals surface area contributed by atoms with Crippen LogP contribution in [0.25, 0.3) is 0 Å². The van der Waals surface area contributed by atoms with Crippen molar-refractivity contribution in [2.45, 2.75) is 49.7 Å². The molecule has 2 rings (SSSR count). The van der Waals surface area contributed by atoms with Gasteiger partial charge in [0.05, 0.1) is 4.90 Å². The van der Waals surface area contributed by atoms with Crippen molar-refractivity contribution in [3.63, 3.8) is 0 Å². The van der Waals surface area contributed by atoms with E-state index in [0.29, 0.717) is 17.7 Å². The first-order valence-electron chi connectivity index (χ1n) is 6.27.